The Morgan fingerprint density at radius 2 is 2.16 bits per heavy atom. The Bertz CT molecular complexity index is 602. The van der Waals surface area contributed by atoms with Crippen LogP contribution in [0.2, 0.25) is 0 Å². The van der Waals surface area contributed by atoms with Crippen molar-refractivity contribution < 1.29 is 19.0 Å². The molecule has 1 saturated carbocycles. The summed E-state index contributed by atoms with van der Waals surface area (Å²) in [6.45, 7) is 2.27. The van der Waals surface area contributed by atoms with E-state index in [4.69, 9.17) is 10.5 Å². The fraction of sp³-hybridized carbons (Fsp3) is 0.632. The van der Waals surface area contributed by atoms with Gasteiger partial charge in [0.1, 0.15) is 5.82 Å². The van der Waals surface area contributed by atoms with Gasteiger partial charge in [-0.1, -0.05) is 12.1 Å². The maximum absolute atomic E-state index is 13.2. The van der Waals surface area contributed by atoms with E-state index in [-0.39, 0.29) is 29.3 Å². The van der Waals surface area contributed by atoms with E-state index in [9.17, 15) is 14.3 Å². The number of rotatable bonds is 6. The van der Waals surface area contributed by atoms with Gasteiger partial charge in [-0.15, -0.1) is 0 Å². The minimum atomic E-state index is -0.347. The van der Waals surface area contributed by atoms with Gasteiger partial charge in [0.15, 0.2) is 0 Å². The first kappa shape index (κ1) is 18.3. The quantitative estimate of drug-likeness (QED) is 0.815. The standard InChI is InChI=1S/C19H27FN2O3/c20-15-3-1-2-14(12-15)4-5-18(24)22-9-6-19(7-10-22)16(23)13-17(19)25-11-8-21/h1-3,12,16-17,23H,4-11,13,21H2/t16-,17+/m1/s1. The van der Waals surface area contributed by atoms with Crippen LogP contribution in [-0.4, -0.2) is 54.4 Å². The molecule has 1 heterocycles. The number of amides is 1. The Balaban J connectivity index is 1.49. The van der Waals surface area contributed by atoms with Crippen molar-refractivity contribution in [2.24, 2.45) is 11.1 Å². The minimum Gasteiger partial charge on any atom is -0.392 e. The first-order valence-electron chi connectivity index (χ1n) is 9.07. The third-order valence-electron chi connectivity index (χ3n) is 5.74. The van der Waals surface area contributed by atoms with Gasteiger partial charge in [0.2, 0.25) is 5.91 Å². The monoisotopic (exact) mass is 350 g/mol. The molecule has 25 heavy (non-hydrogen) atoms. The fourth-order valence-corrected chi connectivity index (χ4v) is 4.10. The lowest BCUT2D eigenvalue weighted by Crippen LogP contribution is -2.62. The Morgan fingerprint density at radius 1 is 1.40 bits per heavy atom. The zero-order valence-electron chi connectivity index (χ0n) is 14.5. The van der Waals surface area contributed by atoms with Gasteiger partial charge in [0.25, 0.3) is 0 Å². The predicted molar refractivity (Wildman–Crippen MR) is 92.4 cm³/mol. The van der Waals surface area contributed by atoms with Gasteiger partial charge in [0, 0.05) is 37.9 Å². The zero-order chi connectivity index (χ0) is 17.9. The van der Waals surface area contributed by atoms with Gasteiger partial charge in [0.05, 0.1) is 18.8 Å². The second-order valence-corrected chi connectivity index (χ2v) is 7.14. The highest BCUT2D eigenvalue weighted by atomic mass is 19.1. The topological polar surface area (TPSA) is 75.8 Å². The number of benzene rings is 1. The van der Waals surface area contributed by atoms with Crippen molar-refractivity contribution in [1.29, 1.82) is 0 Å². The first-order valence-corrected chi connectivity index (χ1v) is 9.07. The number of hydrogen-bond acceptors (Lipinski definition) is 4. The molecular formula is C19H27FN2O3. The summed E-state index contributed by atoms with van der Waals surface area (Å²) in [6, 6.07) is 6.38. The maximum Gasteiger partial charge on any atom is 0.222 e. The van der Waals surface area contributed by atoms with Crippen molar-refractivity contribution in [3.05, 3.63) is 35.6 Å². The van der Waals surface area contributed by atoms with Crippen molar-refractivity contribution in [2.75, 3.05) is 26.2 Å². The minimum absolute atomic E-state index is 0.0515. The maximum atomic E-state index is 13.2. The number of hydrogen-bond donors (Lipinski definition) is 2. The number of halogens is 1. The van der Waals surface area contributed by atoms with Crippen LogP contribution in [0.15, 0.2) is 24.3 Å². The highest BCUT2D eigenvalue weighted by Crippen LogP contribution is 2.50. The molecule has 1 aromatic carbocycles. The van der Waals surface area contributed by atoms with Crippen LogP contribution in [0.3, 0.4) is 0 Å². The number of nitrogens with two attached hydrogens (primary N) is 1. The van der Waals surface area contributed by atoms with E-state index < -0.39 is 0 Å². The summed E-state index contributed by atoms with van der Waals surface area (Å²) in [4.78, 5) is 14.3. The van der Waals surface area contributed by atoms with Gasteiger partial charge >= 0.3 is 0 Å². The Morgan fingerprint density at radius 3 is 2.80 bits per heavy atom. The lowest BCUT2D eigenvalue weighted by molar-refractivity contribution is -0.210. The van der Waals surface area contributed by atoms with Crippen LogP contribution < -0.4 is 5.73 Å². The predicted octanol–water partition coefficient (Wildman–Crippen LogP) is 1.48. The van der Waals surface area contributed by atoms with Crippen molar-refractivity contribution in [2.45, 2.75) is 44.3 Å². The molecule has 1 saturated heterocycles. The highest BCUT2D eigenvalue weighted by Gasteiger charge is 2.56. The zero-order valence-corrected chi connectivity index (χ0v) is 14.5. The molecule has 5 nitrogen and oxygen atoms in total. The van der Waals surface area contributed by atoms with Crippen molar-refractivity contribution in [3.63, 3.8) is 0 Å². The molecule has 138 valence electrons. The van der Waals surface area contributed by atoms with Crippen LogP contribution in [0.25, 0.3) is 0 Å². The SMILES string of the molecule is NCCO[C@H]1C[C@@H](O)C12CCN(C(=O)CCc1cccc(F)c1)CC2. The highest BCUT2D eigenvalue weighted by molar-refractivity contribution is 5.76. The van der Waals surface area contributed by atoms with Crippen LogP contribution in [-0.2, 0) is 16.0 Å². The van der Waals surface area contributed by atoms with E-state index in [0.29, 0.717) is 45.5 Å². The van der Waals surface area contributed by atoms with E-state index >= 15 is 0 Å². The second-order valence-electron chi connectivity index (χ2n) is 7.14. The lowest BCUT2D eigenvalue weighted by Gasteiger charge is -2.56. The molecule has 1 aromatic rings. The van der Waals surface area contributed by atoms with Crippen LogP contribution in [0.4, 0.5) is 4.39 Å². The largest absolute Gasteiger partial charge is 0.392 e. The molecule has 2 aliphatic rings. The number of carbonyl (C=O) groups is 1. The van der Waals surface area contributed by atoms with E-state index in [2.05, 4.69) is 0 Å². The van der Waals surface area contributed by atoms with Crippen LogP contribution in [0, 0.1) is 11.2 Å². The van der Waals surface area contributed by atoms with E-state index in [0.717, 1.165) is 18.4 Å². The van der Waals surface area contributed by atoms with Crippen LogP contribution in [0.1, 0.15) is 31.2 Å². The molecule has 3 rings (SSSR count). The van der Waals surface area contributed by atoms with Gasteiger partial charge in [-0.05, 0) is 37.0 Å². The summed E-state index contributed by atoms with van der Waals surface area (Å²) in [5, 5.41) is 10.2. The Hall–Kier alpha value is -1.50. The summed E-state index contributed by atoms with van der Waals surface area (Å²) in [5.74, 6) is -0.181. The first-order chi connectivity index (χ1) is 12.0. The van der Waals surface area contributed by atoms with Crippen molar-refractivity contribution in [1.82, 2.24) is 4.90 Å². The van der Waals surface area contributed by atoms with Crippen LogP contribution >= 0.6 is 0 Å². The molecule has 2 atom stereocenters. The number of aliphatic hydroxyl groups excluding tert-OH is 1. The summed E-state index contributed by atoms with van der Waals surface area (Å²) in [6.07, 6.45) is 2.81. The number of nitrogens with zero attached hydrogens (tertiary/aromatic N) is 1. The molecule has 1 amide bonds. The molecule has 0 bridgehead atoms. The molecule has 1 aliphatic heterocycles. The van der Waals surface area contributed by atoms with Gasteiger partial charge in [-0.25, -0.2) is 4.39 Å². The second kappa shape index (κ2) is 7.81. The fourth-order valence-electron chi connectivity index (χ4n) is 4.10. The summed E-state index contributed by atoms with van der Waals surface area (Å²) in [5.41, 5.74) is 6.12. The number of carbonyl (C=O) groups excluding carboxylic acids is 1. The molecule has 1 spiro atoms. The molecule has 6 heteroatoms. The number of piperidine rings is 1. The molecule has 0 unspecified atom stereocenters. The Labute approximate surface area is 147 Å². The van der Waals surface area contributed by atoms with Gasteiger partial charge < -0.3 is 20.5 Å². The lowest BCUT2D eigenvalue weighted by atomic mass is 9.58. The smallest absolute Gasteiger partial charge is 0.222 e. The number of likely N-dealkylation sites (tertiary alicyclic amines) is 1. The molecule has 2 fully saturated rings. The number of aliphatic hydroxyl groups is 1. The van der Waals surface area contributed by atoms with Gasteiger partial charge in [-0.3, -0.25) is 4.79 Å². The third-order valence-corrected chi connectivity index (χ3v) is 5.74. The van der Waals surface area contributed by atoms with Crippen molar-refractivity contribution >= 4 is 5.91 Å². The molecule has 1 aliphatic carbocycles. The molecule has 0 aromatic heterocycles. The summed E-state index contributed by atoms with van der Waals surface area (Å²) in [7, 11) is 0. The number of ether oxygens (including phenoxy) is 1. The van der Waals surface area contributed by atoms with Crippen LogP contribution in [0.5, 0.6) is 0 Å². The average molecular weight is 350 g/mol. The number of aryl methyl sites for hydroxylation is 1. The third kappa shape index (κ3) is 3.86. The van der Waals surface area contributed by atoms with Gasteiger partial charge in [-0.2, -0.15) is 0 Å². The average Bonchev–Trinajstić information content (AvgIpc) is 2.63. The summed E-state index contributed by atoms with van der Waals surface area (Å²) >= 11 is 0. The van der Waals surface area contributed by atoms with Crippen molar-refractivity contribution in [3.8, 4) is 0 Å². The summed E-state index contributed by atoms with van der Waals surface area (Å²) < 4.78 is 19.0. The normalized spacial score (nSPS) is 25.0. The molecule has 0 radical (unpaired) electrons. The van der Waals surface area contributed by atoms with E-state index in [1.54, 1.807) is 6.07 Å². The van der Waals surface area contributed by atoms with E-state index in [1.807, 2.05) is 11.0 Å². The molecular weight excluding hydrogens is 323 g/mol. The molecule has 3 N–H and O–H groups in total. The van der Waals surface area contributed by atoms with E-state index in [1.165, 1.54) is 12.1 Å². The Kier molecular flexibility index (Phi) is 5.71.